The zero-order valence-corrected chi connectivity index (χ0v) is 20.5. The predicted octanol–water partition coefficient (Wildman–Crippen LogP) is 8.86. The molecule has 1 saturated carbocycles. The molecule has 0 aromatic carbocycles. The SMILES string of the molecule is CCCCCCCCCN(CCCCC)CC1CC1C(C)(C)CCCCCC. The third-order valence-corrected chi connectivity index (χ3v) is 7.25. The van der Waals surface area contributed by atoms with Gasteiger partial charge in [0.15, 0.2) is 0 Å². The van der Waals surface area contributed by atoms with Crippen molar-refractivity contribution in [1.82, 2.24) is 4.90 Å². The lowest BCUT2D eigenvalue weighted by Gasteiger charge is -2.27. The highest BCUT2D eigenvalue weighted by Gasteiger charge is 2.47. The maximum absolute atomic E-state index is 2.85. The van der Waals surface area contributed by atoms with E-state index in [0.717, 1.165) is 11.8 Å². The van der Waals surface area contributed by atoms with Crippen molar-refractivity contribution >= 4 is 0 Å². The second kappa shape index (κ2) is 15.8. The number of rotatable bonds is 20. The highest BCUT2D eigenvalue weighted by Crippen LogP contribution is 2.53. The second-order valence-corrected chi connectivity index (χ2v) is 10.5. The molecule has 0 aliphatic heterocycles. The largest absolute Gasteiger partial charge is 0.303 e. The van der Waals surface area contributed by atoms with Gasteiger partial charge in [-0.05, 0) is 56.0 Å². The molecule has 1 aliphatic rings. The molecule has 1 heteroatoms. The molecule has 0 amide bonds. The van der Waals surface area contributed by atoms with E-state index in [4.69, 9.17) is 0 Å². The zero-order valence-electron chi connectivity index (χ0n) is 20.5. The normalized spacial score (nSPS) is 19.5. The molecule has 168 valence electrons. The molecule has 0 heterocycles. The summed E-state index contributed by atoms with van der Waals surface area (Å²) >= 11 is 0. The van der Waals surface area contributed by atoms with Gasteiger partial charge in [0.25, 0.3) is 0 Å². The van der Waals surface area contributed by atoms with E-state index >= 15 is 0 Å². The first-order valence-electron chi connectivity index (χ1n) is 13.3. The van der Waals surface area contributed by atoms with E-state index in [1.807, 2.05) is 0 Å². The molecule has 0 bridgehead atoms. The summed E-state index contributed by atoms with van der Waals surface area (Å²) in [7, 11) is 0. The summed E-state index contributed by atoms with van der Waals surface area (Å²) in [6, 6.07) is 0. The van der Waals surface area contributed by atoms with Gasteiger partial charge in [-0.2, -0.15) is 0 Å². The van der Waals surface area contributed by atoms with E-state index in [1.54, 1.807) is 0 Å². The van der Waals surface area contributed by atoms with Crippen LogP contribution in [-0.2, 0) is 0 Å². The Labute approximate surface area is 179 Å². The van der Waals surface area contributed by atoms with Crippen molar-refractivity contribution in [2.45, 2.75) is 137 Å². The lowest BCUT2D eigenvalue weighted by molar-refractivity contribution is 0.212. The Balaban J connectivity index is 2.28. The van der Waals surface area contributed by atoms with Gasteiger partial charge in [-0.15, -0.1) is 0 Å². The van der Waals surface area contributed by atoms with E-state index in [-0.39, 0.29) is 0 Å². The minimum atomic E-state index is 0.576. The predicted molar refractivity (Wildman–Crippen MR) is 128 cm³/mol. The van der Waals surface area contributed by atoms with Crippen molar-refractivity contribution in [3.05, 3.63) is 0 Å². The van der Waals surface area contributed by atoms with Crippen molar-refractivity contribution < 1.29 is 0 Å². The number of hydrogen-bond acceptors (Lipinski definition) is 1. The van der Waals surface area contributed by atoms with Crippen LogP contribution in [0.1, 0.15) is 137 Å². The summed E-state index contributed by atoms with van der Waals surface area (Å²) in [6.45, 7) is 16.2. The van der Waals surface area contributed by atoms with Gasteiger partial charge in [0, 0.05) is 6.54 Å². The van der Waals surface area contributed by atoms with Crippen LogP contribution in [0.4, 0.5) is 0 Å². The topological polar surface area (TPSA) is 3.24 Å². The number of nitrogens with zero attached hydrogens (tertiary/aromatic N) is 1. The minimum Gasteiger partial charge on any atom is -0.303 e. The summed E-state index contributed by atoms with van der Waals surface area (Å²) in [4.78, 5) is 2.85. The van der Waals surface area contributed by atoms with Crippen molar-refractivity contribution in [3.8, 4) is 0 Å². The van der Waals surface area contributed by atoms with Gasteiger partial charge in [-0.25, -0.2) is 0 Å². The fourth-order valence-corrected chi connectivity index (χ4v) is 5.10. The molecule has 2 unspecified atom stereocenters. The molecule has 0 radical (unpaired) electrons. The Morgan fingerprint density at radius 3 is 1.71 bits per heavy atom. The van der Waals surface area contributed by atoms with Crippen molar-refractivity contribution in [2.75, 3.05) is 19.6 Å². The van der Waals surface area contributed by atoms with Crippen LogP contribution < -0.4 is 0 Å². The average Bonchev–Trinajstić information content (AvgIpc) is 3.45. The van der Waals surface area contributed by atoms with Crippen LogP contribution in [0.3, 0.4) is 0 Å². The van der Waals surface area contributed by atoms with E-state index < -0.39 is 0 Å². The zero-order chi connectivity index (χ0) is 20.7. The summed E-state index contributed by atoms with van der Waals surface area (Å²) in [6.07, 6.45) is 22.8. The van der Waals surface area contributed by atoms with Crippen LogP contribution in [0.5, 0.6) is 0 Å². The van der Waals surface area contributed by atoms with Gasteiger partial charge < -0.3 is 4.90 Å². The van der Waals surface area contributed by atoms with Crippen molar-refractivity contribution in [1.29, 1.82) is 0 Å². The molecular weight excluding hydrogens is 338 g/mol. The van der Waals surface area contributed by atoms with Crippen molar-refractivity contribution in [2.24, 2.45) is 17.3 Å². The third-order valence-electron chi connectivity index (χ3n) is 7.25. The first-order valence-corrected chi connectivity index (χ1v) is 13.3. The van der Waals surface area contributed by atoms with Gasteiger partial charge in [-0.1, -0.05) is 112 Å². The van der Waals surface area contributed by atoms with Gasteiger partial charge >= 0.3 is 0 Å². The van der Waals surface area contributed by atoms with Crippen LogP contribution in [0, 0.1) is 17.3 Å². The summed E-state index contributed by atoms with van der Waals surface area (Å²) in [5, 5.41) is 0. The third kappa shape index (κ3) is 11.8. The Bertz CT molecular complexity index is 348. The number of unbranched alkanes of at least 4 members (excludes halogenated alkanes) is 11. The standard InChI is InChI=1S/C27H55N/c1-6-9-12-14-15-16-19-22-28(21-18-11-8-3)24-25-23-26(25)27(4,5)20-17-13-10-7-2/h25-26H,6-24H2,1-5H3. The molecule has 1 rings (SSSR count). The Morgan fingerprint density at radius 2 is 1.11 bits per heavy atom. The Kier molecular flexibility index (Phi) is 14.6. The average molecular weight is 394 g/mol. The van der Waals surface area contributed by atoms with E-state index in [1.165, 1.54) is 122 Å². The highest BCUT2D eigenvalue weighted by molar-refractivity contribution is 4.97. The fraction of sp³-hybridized carbons (Fsp3) is 1.00. The van der Waals surface area contributed by atoms with E-state index in [9.17, 15) is 0 Å². The van der Waals surface area contributed by atoms with Crippen LogP contribution in [-0.4, -0.2) is 24.5 Å². The molecule has 2 atom stereocenters. The molecule has 0 saturated heterocycles. The molecule has 1 aliphatic carbocycles. The monoisotopic (exact) mass is 393 g/mol. The van der Waals surface area contributed by atoms with Gasteiger partial charge in [0.05, 0.1) is 0 Å². The van der Waals surface area contributed by atoms with Gasteiger partial charge in [0.2, 0.25) is 0 Å². The van der Waals surface area contributed by atoms with E-state index in [2.05, 4.69) is 39.5 Å². The van der Waals surface area contributed by atoms with Crippen molar-refractivity contribution in [3.63, 3.8) is 0 Å². The molecule has 1 fully saturated rings. The Hall–Kier alpha value is -0.0400. The first-order chi connectivity index (χ1) is 13.5. The van der Waals surface area contributed by atoms with E-state index in [0.29, 0.717) is 5.41 Å². The first kappa shape index (κ1) is 26.0. The molecule has 28 heavy (non-hydrogen) atoms. The maximum Gasteiger partial charge on any atom is 0.00126 e. The molecule has 0 aromatic rings. The summed E-state index contributed by atoms with van der Waals surface area (Å²) in [5.74, 6) is 1.99. The smallest absolute Gasteiger partial charge is 0.00126 e. The van der Waals surface area contributed by atoms with Crippen LogP contribution in [0.2, 0.25) is 0 Å². The maximum atomic E-state index is 2.85. The Morgan fingerprint density at radius 1 is 0.643 bits per heavy atom. The lowest BCUT2D eigenvalue weighted by Crippen LogP contribution is -2.30. The van der Waals surface area contributed by atoms with Crippen LogP contribution in [0.15, 0.2) is 0 Å². The summed E-state index contributed by atoms with van der Waals surface area (Å²) < 4.78 is 0. The van der Waals surface area contributed by atoms with Crippen LogP contribution >= 0.6 is 0 Å². The lowest BCUT2D eigenvalue weighted by atomic mass is 9.81. The van der Waals surface area contributed by atoms with Crippen LogP contribution in [0.25, 0.3) is 0 Å². The minimum absolute atomic E-state index is 0.576. The summed E-state index contributed by atoms with van der Waals surface area (Å²) in [5.41, 5.74) is 0.576. The fourth-order valence-electron chi connectivity index (χ4n) is 5.10. The highest BCUT2D eigenvalue weighted by atomic mass is 15.1. The molecule has 0 N–H and O–H groups in total. The second-order valence-electron chi connectivity index (χ2n) is 10.5. The molecule has 0 aromatic heterocycles. The molecular formula is C27H55N. The molecule has 1 nitrogen and oxygen atoms in total. The van der Waals surface area contributed by atoms with Gasteiger partial charge in [-0.3, -0.25) is 0 Å². The molecule has 0 spiro atoms. The number of hydrogen-bond donors (Lipinski definition) is 0. The van der Waals surface area contributed by atoms with Gasteiger partial charge in [0.1, 0.15) is 0 Å². The quantitative estimate of drug-likeness (QED) is 0.187.